The molecule has 5 nitrogen and oxygen atoms in total. The Morgan fingerprint density at radius 1 is 1.00 bits per heavy atom. The van der Waals surface area contributed by atoms with E-state index in [0.717, 1.165) is 5.56 Å². The van der Waals surface area contributed by atoms with E-state index < -0.39 is 16.4 Å². The summed E-state index contributed by atoms with van der Waals surface area (Å²) in [5, 5.41) is 9.50. The number of carbonyl (C=O) groups excluding carboxylic acids is 2. The zero-order chi connectivity index (χ0) is 21.0. The van der Waals surface area contributed by atoms with E-state index in [0.29, 0.717) is 12.8 Å². The van der Waals surface area contributed by atoms with Gasteiger partial charge in [-0.25, -0.2) is 0 Å². The lowest BCUT2D eigenvalue weighted by molar-refractivity contribution is -0.171. The number of methoxy groups -OCH3 is 1. The van der Waals surface area contributed by atoms with Gasteiger partial charge in [-0.1, -0.05) is 19.1 Å². The molecule has 0 saturated carbocycles. The van der Waals surface area contributed by atoms with Gasteiger partial charge in [-0.05, 0) is 78.0 Å². The molecule has 0 aliphatic carbocycles. The summed E-state index contributed by atoms with van der Waals surface area (Å²) in [5.74, 6) is -0.434. The average Bonchev–Trinajstić information content (AvgIpc) is 2.52. The highest BCUT2D eigenvalue weighted by Crippen LogP contribution is 2.43. The Morgan fingerprint density at radius 2 is 1.52 bits per heavy atom. The number of phenolic OH excluding ortho intramolecular Hbond substituents is 1. The molecule has 0 amide bonds. The van der Waals surface area contributed by atoms with Gasteiger partial charge in [-0.15, -0.1) is 0 Å². The van der Waals surface area contributed by atoms with Crippen LogP contribution in [-0.4, -0.2) is 29.8 Å². The summed E-state index contributed by atoms with van der Waals surface area (Å²) < 4.78 is 10.6. The van der Waals surface area contributed by atoms with E-state index in [2.05, 4.69) is 0 Å². The third kappa shape index (κ3) is 6.56. The number of esters is 2. The number of hydrogen-bond donors (Lipinski definition) is 1. The van der Waals surface area contributed by atoms with Gasteiger partial charge in [-0.2, -0.15) is 0 Å². The van der Waals surface area contributed by atoms with Crippen LogP contribution in [0.2, 0.25) is 0 Å². The van der Waals surface area contributed by atoms with E-state index in [1.54, 1.807) is 26.0 Å². The minimum atomic E-state index is -0.873. The molecule has 0 fully saturated rings. The molecule has 1 rings (SSSR count). The van der Waals surface area contributed by atoms with Gasteiger partial charge in [0.2, 0.25) is 0 Å². The van der Waals surface area contributed by atoms with Crippen LogP contribution in [0.15, 0.2) is 24.3 Å². The third-order valence-corrected chi connectivity index (χ3v) is 4.68. The van der Waals surface area contributed by atoms with Gasteiger partial charge in [0.1, 0.15) is 11.4 Å². The van der Waals surface area contributed by atoms with Crippen molar-refractivity contribution in [2.45, 2.75) is 72.8 Å². The normalized spacial score (nSPS) is 15.6. The lowest BCUT2D eigenvalue weighted by atomic mass is 9.69. The molecule has 5 heteroatoms. The largest absolute Gasteiger partial charge is 0.508 e. The lowest BCUT2D eigenvalue weighted by Crippen LogP contribution is -2.42. The molecule has 2 unspecified atom stereocenters. The van der Waals surface area contributed by atoms with Crippen LogP contribution < -0.4 is 0 Å². The van der Waals surface area contributed by atoms with Gasteiger partial charge in [0.15, 0.2) is 0 Å². The van der Waals surface area contributed by atoms with Crippen molar-refractivity contribution in [3.8, 4) is 5.75 Å². The van der Waals surface area contributed by atoms with Gasteiger partial charge in [0.05, 0.1) is 17.9 Å². The van der Waals surface area contributed by atoms with Crippen LogP contribution in [0.25, 0.3) is 0 Å². The fourth-order valence-electron chi connectivity index (χ4n) is 3.55. The molecule has 2 atom stereocenters. The molecule has 0 aliphatic heterocycles. The van der Waals surface area contributed by atoms with Gasteiger partial charge < -0.3 is 14.6 Å². The molecular formula is C22H34O5. The Bertz CT molecular complexity index is 654. The van der Waals surface area contributed by atoms with Gasteiger partial charge in [0.25, 0.3) is 0 Å². The highest BCUT2D eigenvalue weighted by atomic mass is 16.6. The van der Waals surface area contributed by atoms with Crippen LogP contribution in [-0.2, 0) is 19.1 Å². The fourth-order valence-corrected chi connectivity index (χ4v) is 3.55. The maximum absolute atomic E-state index is 13.1. The highest BCUT2D eigenvalue weighted by Gasteiger charge is 2.45. The van der Waals surface area contributed by atoms with E-state index in [-0.39, 0.29) is 23.6 Å². The maximum atomic E-state index is 13.1. The van der Waals surface area contributed by atoms with Crippen molar-refractivity contribution in [3.63, 3.8) is 0 Å². The quantitative estimate of drug-likeness (QED) is 0.689. The minimum absolute atomic E-state index is 0.0385. The number of phenols is 1. The second-order valence-corrected chi connectivity index (χ2v) is 9.31. The molecule has 0 aromatic heterocycles. The Balaban J connectivity index is 3.17. The van der Waals surface area contributed by atoms with Crippen molar-refractivity contribution in [2.24, 2.45) is 10.8 Å². The summed E-state index contributed by atoms with van der Waals surface area (Å²) in [5.41, 5.74) is -1.30. The first kappa shape index (κ1) is 23.0. The number of ether oxygens (including phenoxy) is 2. The predicted molar refractivity (Wildman–Crippen MR) is 106 cm³/mol. The first-order valence-corrected chi connectivity index (χ1v) is 9.31. The standard InChI is InChI=1S/C22H34O5/c1-15(16-9-11-17(23)12-10-16)13-22(7,19(25)27-20(2,3)4)14-21(5,6)18(24)26-8/h9-12,15,23H,13-14H2,1-8H3. The van der Waals surface area contributed by atoms with E-state index in [9.17, 15) is 14.7 Å². The summed E-state index contributed by atoms with van der Waals surface area (Å²) in [4.78, 5) is 25.3. The molecule has 0 saturated heterocycles. The van der Waals surface area contributed by atoms with Gasteiger partial charge in [0, 0.05) is 0 Å². The Kier molecular flexibility index (Phi) is 7.09. The predicted octanol–water partition coefficient (Wildman–Crippen LogP) is 4.82. The van der Waals surface area contributed by atoms with E-state index >= 15 is 0 Å². The summed E-state index contributed by atoms with van der Waals surface area (Å²) >= 11 is 0. The molecule has 1 N–H and O–H groups in total. The molecule has 0 heterocycles. The van der Waals surface area contributed by atoms with Crippen LogP contribution in [0.1, 0.15) is 72.8 Å². The molecule has 1 aromatic rings. The van der Waals surface area contributed by atoms with Crippen LogP contribution in [0.4, 0.5) is 0 Å². The molecule has 0 aliphatic rings. The lowest BCUT2D eigenvalue weighted by Gasteiger charge is -2.37. The first-order chi connectivity index (χ1) is 12.2. The summed E-state index contributed by atoms with van der Waals surface area (Å²) in [6.45, 7) is 12.9. The molecule has 0 radical (unpaired) electrons. The zero-order valence-electron chi connectivity index (χ0n) is 17.9. The monoisotopic (exact) mass is 378 g/mol. The molecular weight excluding hydrogens is 344 g/mol. The van der Waals surface area contributed by atoms with Crippen molar-refractivity contribution in [1.29, 1.82) is 0 Å². The fraction of sp³-hybridized carbons (Fsp3) is 0.636. The minimum Gasteiger partial charge on any atom is -0.508 e. The van der Waals surface area contributed by atoms with E-state index in [1.807, 2.05) is 46.8 Å². The molecule has 152 valence electrons. The Morgan fingerprint density at radius 3 is 1.96 bits per heavy atom. The third-order valence-electron chi connectivity index (χ3n) is 4.68. The van der Waals surface area contributed by atoms with Gasteiger partial charge >= 0.3 is 11.9 Å². The van der Waals surface area contributed by atoms with Crippen molar-refractivity contribution in [1.82, 2.24) is 0 Å². The first-order valence-electron chi connectivity index (χ1n) is 9.31. The summed E-state index contributed by atoms with van der Waals surface area (Å²) in [6, 6.07) is 6.96. The van der Waals surface area contributed by atoms with E-state index in [1.165, 1.54) is 7.11 Å². The SMILES string of the molecule is COC(=O)C(C)(C)CC(C)(CC(C)c1ccc(O)cc1)C(=O)OC(C)(C)C. The maximum Gasteiger partial charge on any atom is 0.312 e. The topological polar surface area (TPSA) is 72.8 Å². The second kappa shape index (κ2) is 8.32. The Labute approximate surface area is 163 Å². The van der Waals surface area contributed by atoms with Crippen molar-refractivity contribution < 1.29 is 24.2 Å². The molecule has 0 bridgehead atoms. The van der Waals surface area contributed by atoms with Crippen molar-refractivity contribution in [2.75, 3.05) is 7.11 Å². The number of aromatic hydroxyl groups is 1. The Hall–Kier alpha value is -2.04. The van der Waals surface area contributed by atoms with Crippen molar-refractivity contribution in [3.05, 3.63) is 29.8 Å². The highest BCUT2D eigenvalue weighted by molar-refractivity contribution is 5.80. The summed E-state index contributed by atoms with van der Waals surface area (Å²) in [6.07, 6.45) is 0.817. The second-order valence-electron chi connectivity index (χ2n) is 9.31. The van der Waals surface area contributed by atoms with E-state index in [4.69, 9.17) is 9.47 Å². The van der Waals surface area contributed by atoms with Crippen LogP contribution in [0, 0.1) is 10.8 Å². The number of carbonyl (C=O) groups is 2. The average molecular weight is 379 g/mol. The number of rotatable bonds is 7. The zero-order valence-corrected chi connectivity index (χ0v) is 17.9. The van der Waals surface area contributed by atoms with Crippen LogP contribution in [0.3, 0.4) is 0 Å². The summed E-state index contributed by atoms with van der Waals surface area (Å²) in [7, 11) is 1.36. The number of benzene rings is 1. The smallest absolute Gasteiger partial charge is 0.312 e. The molecule has 27 heavy (non-hydrogen) atoms. The molecule has 0 spiro atoms. The van der Waals surface area contributed by atoms with Crippen LogP contribution in [0.5, 0.6) is 5.75 Å². The molecule has 1 aromatic carbocycles. The van der Waals surface area contributed by atoms with Crippen molar-refractivity contribution >= 4 is 11.9 Å². The van der Waals surface area contributed by atoms with Gasteiger partial charge in [-0.3, -0.25) is 9.59 Å². The number of hydrogen-bond acceptors (Lipinski definition) is 5. The van der Waals surface area contributed by atoms with Crippen LogP contribution >= 0.6 is 0 Å².